The number of aromatic nitrogens is 4. The predicted octanol–water partition coefficient (Wildman–Crippen LogP) is 4.04. The highest BCUT2D eigenvalue weighted by atomic mass is 16.2. The summed E-state index contributed by atoms with van der Waals surface area (Å²) in [5, 5.41) is 3.10. The SMILES string of the molecule is CC(C)CC(CC(NC(=O)c1cccc2nccn12)n1ccccc1=O)c1cccnc1. The van der Waals surface area contributed by atoms with E-state index in [4.69, 9.17) is 0 Å². The molecule has 4 aromatic rings. The molecule has 4 aromatic heterocycles. The second-order valence-electron chi connectivity index (χ2n) is 8.35. The summed E-state index contributed by atoms with van der Waals surface area (Å²) in [6.07, 6.45) is 9.72. The lowest BCUT2D eigenvalue weighted by atomic mass is 9.87. The minimum Gasteiger partial charge on any atom is -0.330 e. The van der Waals surface area contributed by atoms with Gasteiger partial charge in [-0.25, -0.2) is 4.98 Å². The van der Waals surface area contributed by atoms with Gasteiger partial charge in [0.25, 0.3) is 11.5 Å². The van der Waals surface area contributed by atoms with E-state index < -0.39 is 6.17 Å². The molecule has 0 aliphatic heterocycles. The van der Waals surface area contributed by atoms with E-state index in [0.29, 0.717) is 23.7 Å². The molecule has 0 aliphatic carbocycles. The molecule has 0 spiro atoms. The Morgan fingerprint density at radius 1 is 1.00 bits per heavy atom. The fourth-order valence-corrected chi connectivity index (χ4v) is 4.12. The van der Waals surface area contributed by atoms with Gasteiger partial charge in [-0.3, -0.25) is 23.5 Å². The van der Waals surface area contributed by atoms with Gasteiger partial charge < -0.3 is 5.32 Å². The smallest absolute Gasteiger partial charge is 0.269 e. The lowest BCUT2D eigenvalue weighted by Crippen LogP contribution is -2.38. The van der Waals surface area contributed by atoms with Crippen molar-refractivity contribution in [3.8, 4) is 0 Å². The fraction of sp³-hybridized carbons (Fsp3) is 0.280. The maximum absolute atomic E-state index is 13.3. The minimum atomic E-state index is -0.515. The standard InChI is InChI=1S/C25H27N5O2/c1-18(2)15-20(19-7-6-11-26-17-19)16-23(30-13-4-3-10-24(30)31)28-25(32)21-8-5-9-22-27-12-14-29(21)22/h3-14,17-18,20,23H,15-16H2,1-2H3,(H,28,32). The number of amides is 1. The number of rotatable bonds is 8. The summed E-state index contributed by atoms with van der Waals surface area (Å²) in [5.41, 5.74) is 2.10. The average Bonchev–Trinajstić information content (AvgIpc) is 3.28. The number of hydrogen-bond acceptors (Lipinski definition) is 4. The Balaban J connectivity index is 1.69. The molecule has 1 N–H and O–H groups in total. The molecular weight excluding hydrogens is 402 g/mol. The molecule has 4 heterocycles. The lowest BCUT2D eigenvalue weighted by Gasteiger charge is -2.27. The molecule has 1 amide bonds. The molecular formula is C25H27N5O2. The maximum atomic E-state index is 13.3. The Morgan fingerprint density at radius 3 is 2.62 bits per heavy atom. The third-order valence-corrected chi connectivity index (χ3v) is 5.57. The molecule has 0 radical (unpaired) electrons. The van der Waals surface area contributed by atoms with Crippen molar-refractivity contribution < 1.29 is 4.79 Å². The van der Waals surface area contributed by atoms with Crippen molar-refractivity contribution in [3.63, 3.8) is 0 Å². The van der Waals surface area contributed by atoms with Gasteiger partial charge in [-0.15, -0.1) is 0 Å². The van der Waals surface area contributed by atoms with Gasteiger partial charge in [0, 0.05) is 37.1 Å². The molecule has 32 heavy (non-hydrogen) atoms. The van der Waals surface area contributed by atoms with E-state index in [1.54, 1.807) is 58.0 Å². The lowest BCUT2D eigenvalue weighted by molar-refractivity contribution is 0.0905. The number of hydrogen-bond donors (Lipinski definition) is 1. The first-order valence-corrected chi connectivity index (χ1v) is 10.8. The summed E-state index contributed by atoms with van der Waals surface area (Å²) in [7, 11) is 0. The van der Waals surface area contributed by atoms with Crippen LogP contribution in [0.5, 0.6) is 0 Å². The van der Waals surface area contributed by atoms with Crippen LogP contribution in [0.2, 0.25) is 0 Å². The number of carbonyl (C=O) groups excluding carboxylic acids is 1. The van der Waals surface area contributed by atoms with Gasteiger partial charge in [0.05, 0.1) is 0 Å². The zero-order chi connectivity index (χ0) is 22.5. The van der Waals surface area contributed by atoms with Crippen molar-refractivity contribution in [1.29, 1.82) is 0 Å². The van der Waals surface area contributed by atoms with Crippen LogP contribution in [-0.4, -0.2) is 24.8 Å². The van der Waals surface area contributed by atoms with E-state index in [1.165, 1.54) is 6.07 Å². The highest BCUT2D eigenvalue weighted by molar-refractivity contribution is 5.93. The number of nitrogens with one attached hydrogen (secondary N) is 1. The number of fused-ring (bicyclic) bond motifs is 1. The molecule has 0 bridgehead atoms. The van der Waals surface area contributed by atoms with Gasteiger partial charge in [0.1, 0.15) is 17.5 Å². The van der Waals surface area contributed by atoms with Gasteiger partial charge in [0.2, 0.25) is 0 Å². The van der Waals surface area contributed by atoms with Crippen molar-refractivity contribution in [2.45, 2.75) is 38.8 Å². The minimum absolute atomic E-state index is 0.130. The molecule has 0 saturated heterocycles. The zero-order valence-electron chi connectivity index (χ0n) is 18.3. The van der Waals surface area contributed by atoms with Gasteiger partial charge in [0.15, 0.2) is 0 Å². The van der Waals surface area contributed by atoms with E-state index in [-0.39, 0.29) is 17.4 Å². The van der Waals surface area contributed by atoms with Crippen molar-refractivity contribution in [2.24, 2.45) is 5.92 Å². The summed E-state index contributed by atoms with van der Waals surface area (Å²) in [6, 6.07) is 14.4. The normalized spacial score (nSPS) is 13.2. The van der Waals surface area contributed by atoms with E-state index >= 15 is 0 Å². The predicted molar refractivity (Wildman–Crippen MR) is 123 cm³/mol. The van der Waals surface area contributed by atoms with Crippen molar-refractivity contribution in [2.75, 3.05) is 0 Å². The van der Waals surface area contributed by atoms with Crippen molar-refractivity contribution in [3.05, 3.63) is 101 Å². The number of imidazole rings is 1. The van der Waals surface area contributed by atoms with Crippen LogP contribution >= 0.6 is 0 Å². The first-order valence-electron chi connectivity index (χ1n) is 10.8. The Labute approximate surface area is 186 Å². The first kappa shape index (κ1) is 21.5. The second kappa shape index (κ2) is 9.60. The molecule has 4 rings (SSSR count). The van der Waals surface area contributed by atoms with Crippen molar-refractivity contribution in [1.82, 2.24) is 24.3 Å². The Kier molecular flexibility index (Phi) is 6.44. The van der Waals surface area contributed by atoms with E-state index in [0.717, 1.165) is 12.0 Å². The van der Waals surface area contributed by atoms with Crippen LogP contribution in [0.25, 0.3) is 5.65 Å². The van der Waals surface area contributed by atoms with Crippen LogP contribution < -0.4 is 10.9 Å². The van der Waals surface area contributed by atoms with Crippen LogP contribution in [0.15, 0.2) is 84.3 Å². The molecule has 2 atom stereocenters. The highest BCUT2D eigenvalue weighted by Crippen LogP contribution is 2.30. The van der Waals surface area contributed by atoms with Crippen LogP contribution in [-0.2, 0) is 0 Å². The molecule has 0 aliphatic rings. The molecule has 0 aromatic carbocycles. The summed E-state index contributed by atoms with van der Waals surface area (Å²) >= 11 is 0. The largest absolute Gasteiger partial charge is 0.330 e. The Bertz CT molecular complexity index is 1250. The fourth-order valence-electron chi connectivity index (χ4n) is 4.12. The van der Waals surface area contributed by atoms with Gasteiger partial charge in [-0.05, 0) is 54.5 Å². The third-order valence-electron chi connectivity index (χ3n) is 5.57. The third kappa shape index (κ3) is 4.77. The number of carbonyl (C=O) groups is 1. The molecule has 7 heteroatoms. The number of nitrogens with zero attached hydrogens (tertiary/aromatic N) is 4. The van der Waals surface area contributed by atoms with Crippen molar-refractivity contribution >= 4 is 11.6 Å². The van der Waals surface area contributed by atoms with E-state index in [9.17, 15) is 9.59 Å². The van der Waals surface area contributed by atoms with Crippen LogP contribution in [0.3, 0.4) is 0 Å². The topological polar surface area (TPSA) is 81.3 Å². The van der Waals surface area contributed by atoms with Gasteiger partial charge >= 0.3 is 0 Å². The summed E-state index contributed by atoms with van der Waals surface area (Å²) in [4.78, 5) is 34.5. The Hall–Kier alpha value is -3.74. The monoisotopic (exact) mass is 429 g/mol. The highest BCUT2D eigenvalue weighted by Gasteiger charge is 2.24. The summed E-state index contributed by atoms with van der Waals surface area (Å²) < 4.78 is 3.34. The second-order valence-corrected chi connectivity index (χ2v) is 8.35. The summed E-state index contributed by atoms with van der Waals surface area (Å²) in [5.74, 6) is 0.317. The van der Waals surface area contributed by atoms with Crippen LogP contribution in [0, 0.1) is 5.92 Å². The van der Waals surface area contributed by atoms with Crippen LogP contribution in [0.1, 0.15) is 54.8 Å². The quantitative estimate of drug-likeness (QED) is 0.458. The van der Waals surface area contributed by atoms with Crippen LogP contribution in [0.4, 0.5) is 0 Å². The summed E-state index contributed by atoms with van der Waals surface area (Å²) in [6.45, 7) is 4.34. The zero-order valence-corrected chi connectivity index (χ0v) is 18.3. The first-order chi connectivity index (χ1) is 15.5. The number of pyridine rings is 3. The molecule has 164 valence electrons. The average molecular weight is 430 g/mol. The molecule has 2 unspecified atom stereocenters. The maximum Gasteiger partial charge on any atom is 0.269 e. The van der Waals surface area contributed by atoms with E-state index in [1.807, 2.05) is 18.3 Å². The Morgan fingerprint density at radius 2 is 1.88 bits per heavy atom. The van der Waals surface area contributed by atoms with Gasteiger partial charge in [-0.2, -0.15) is 0 Å². The van der Waals surface area contributed by atoms with Gasteiger partial charge in [-0.1, -0.05) is 32.0 Å². The van der Waals surface area contributed by atoms with E-state index in [2.05, 4.69) is 35.2 Å². The molecule has 0 saturated carbocycles. The molecule has 7 nitrogen and oxygen atoms in total. The molecule has 0 fully saturated rings.